The minimum absolute atomic E-state index is 0.281. The molecule has 0 aromatic heterocycles. The first-order valence-corrected chi connectivity index (χ1v) is 6.94. The van der Waals surface area contributed by atoms with E-state index in [0.717, 1.165) is 5.56 Å². The Balaban J connectivity index is 2.04. The molecule has 0 aliphatic carbocycles. The highest BCUT2D eigenvalue weighted by atomic mass is 16.3. The molecule has 0 fully saturated rings. The van der Waals surface area contributed by atoms with Gasteiger partial charge in [0.25, 0.3) is 5.91 Å². The predicted molar refractivity (Wildman–Crippen MR) is 82.7 cm³/mol. The summed E-state index contributed by atoms with van der Waals surface area (Å²) >= 11 is 0. The minimum Gasteiger partial charge on any atom is -0.378 e. The van der Waals surface area contributed by atoms with E-state index in [0.29, 0.717) is 5.56 Å². The number of aliphatic hydroxyl groups is 1. The highest BCUT2D eigenvalue weighted by Crippen LogP contribution is 2.12. The van der Waals surface area contributed by atoms with Gasteiger partial charge in [0.15, 0.2) is 6.10 Å². The first-order valence-electron chi connectivity index (χ1n) is 6.94. The normalized spacial score (nSPS) is 13.1. The molecule has 2 rings (SSSR count). The number of rotatable bonds is 6. The second-order valence-electron chi connectivity index (χ2n) is 4.97. The lowest BCUT2D eigenvalue weighted by Crippen LogP contribution is -2.47. The van der Waals surface area contributed by atoms with Crippen LogP contribution in [-0.4, -0.2) is 23.0 Å². The summed E-state index contributed by atoms with van der Waals surface area (Å²) in [6, 6.07) is 16.9. The summed E-state index contributed by atoms with van der Waals surface area (Å²) in [6.45, 7) is 0. The van der Waals surface area contributed by atoms with Crippen LogP contribution >= 0.6 is 0 Å². The van der Waals surface area contributed by atoms with Crippen LogP contribution in [0.1, 0.15) is 17.2 Å². The Morgan fingerprint density at radius 3 is 2.09 bits per heavy atom. The number of nitrogens with two attached hydrogens (primary N) is 1. The van der Waals surface area contributed by atoms with Gasteiger partial charge in [0, 0.05) is 6.42 Å². The van der Waals surface area contributed by atoms with E-state index in [2.05, 4.69) is 5.32 Å². The maximum atomic E-state index is 12.1. The molecule has 5 nitrogen and oxygen atoms in total. The van der Waals surface area contributed by atoms with Crippen LogP contribution in [0.3, 0.4) is 0 Å². The van der Waals surface area contributed by atoms with Crippen LogP contribution in [0.15, 0.2) is 60.7 Å². The average Bonchev–Trinajstić information content (AvgIpc) is 2.55. The molecule has 2 amide bonds. The molecule has 0 unspecified atom stereocenters. The molecule has 0 aliphatic heterocycles. The standard InChI is InChI=1S/C17H18N2O3/c18-16(21)14(11-12-7-3-1-4-8-12)19-17(22)15(20)13-9-5-2-6-10-13/h1-10,14-15,20H,11H2,(H2,18,21)(H,19,22)/t14-,15-/m0/s1. The Morgan fingerprint density at radius 2 is 1.55 bits per heavy atom. The van der Waals surface area contributed by atoms with Crippen molar-refractivity contribution in [2.45, 2.75) is 18.6 Å². The highest BCUT2D eigenvalue weighted by Gasteiger charge is 2.23. The Labute approximate surface area is 128 Å². The van der Waals surface area contributed by atoms with Gasteiger partial charge in [-0.15, -0.1) is 0 Å². The first-order chi connectivity index (χ1) is 10.6. The zero-order valence-corrected chi connectivity index (χ0v) is 12.0. The number of amides is 2. The van der Waals surface area contributed by atoms with E-state index in [-0.39, 0.29) is 6.42 Å². The fraction of sp³-hybridized carbons (Fsp3) is 0.176. The van der Waals surface area contributed by atoms with Gasteiger partial charge >= 0.3 is 0 Å². The monoisotopic (exact) mass is 298 g/mol. The number of benzene rings is 2. The van der Waals surface area contributed by atoms with Crippen molar-refractivity contribution >= 4 is 11.8 Å². The zero-order chi connectivity index (χ0) is 15.9. The van der Waals surface area contributed by atoms with Crippen LogP contribution in [0.4, 0.5) is 0 Å². The number of aliphatic hydroxyl groups excluding tert-OH is 1. The van der Waals surface area contributed by atoms with Gasteiger partial charge in [-0.05, 0) is 11.1 Å². The number of carbonyl (C=O) groups excluding carboxylic acids is 2. The van der Waals surface area contributed by atoms with Gasteiger partial charge in [0.1, 0.15) is 6.04 Å². The summed E-state index contributed by atoms with van der Waals surface area (Å²) < 4.78 is 0. The first kappa shape index (κ1) is 15.7. The smallest absolute Gasteiger partial charge is 0.254 e. The third-order valence-corrected chi connectivity index (χ3v) is 3.31. The van der Waals surface area contributed by atoms with Crippen molar-refractivity contribution in [2.24, 2.45) is 5.73 Å². The summed E-state index contributed by atoms with van der Waals surface area (Å²) in [5, 5.41) is 12.5. The molecule has 2 aromatic carbocycles. The minimum atomic E-state index is -1.33. The molecule has 5 heteroatoms. The molecule has 2 aromatic rings. The molecule has 22 heavy (non-hydrogen) atoms. The van der Waals surface area contributed by atoms with Gasteiger partial charge in [-0.2, -0.15) is 0 Å². The van der Waals surface area contributed by atoms with Gasteiger partial charge in [-0.3, -0.25) is 9.59 Å². The second kappa shape index (κ2) is 7.38. The van der Waals surface area contributed by atoms with Crippen LogP contribution in [0.2, 0.25) is 0 Å². The largest absolute Gasteiger partial charge is 0.378 e. The fourth-order valence-electron chi connectivity index (χ4n) is 2.11. The van der Waals surface area contributed by atoms with E-state index in [1.165, 1.54) is 0 Å². The third-order valence-electron chi connectivity index (χ3n) is 3.31. The lowest BCUT2D eigenvalue weighted by Gasteiger charge is -2.18. The quantitative estimate of drug-likeness (QED) is 0.741. The second-order valence-corrected chi connectivity index (χ2v) is 4.97. The van der Waals surface area contributed by atoms with E-state index >= 15 is 0 Å². The molecule has 4 N–H and O–H groups in total. The molecule has 0 radical (unpaired) electrons. The number of primary amides is 1. The zero-order valence-electron chi connectivity index (χ0n) is 12.0. The number of carbonyl (C=O) groups is 2. The Bertz CT molecular complexity index is 629. The molecule has 0 saturated heterocycles. The van der Waals surface area contributed by atoms with Crippen molar-refractivity contribution < 1.29 is 14.7 Å². The maximum Gasteiger partial charge on any atom is 0.254 e. The summed E-state index contributed by atoms with van der Waals surface area (Å²) in [4.78, 5) is 23.6. The van der Waals surface area contributed by atoms with E-state index < -0.39 is 24.0 Å². The molecular formula is C17H18N2O3. The molecule has 2 atom stereocenters. The van der Waals surface area contributed by atoms with Gasteiger partial charge in [0.05, 0.1) is 0 Å². The lowest BCUT2D eigenvalue weighted by molar-refractivity contribution is -0.133. The highest BCUT2D eigenvalue weighted by molar-refractivity contribution is 5.89. The summed E-state index contributed by atoms with van der Waals surface area (Å²) in [5.41, 5.74) is 6.67. The average molecular weight is 298 g/mol. The molecular weight excluding hydrogens is 280 g/mol. The van der Waals surface area contributed by atoms with Crippen molar-refractivity contribution in [3.05, 3.63) is 71.8 Å². The summed E-state index contributed by atoms with van der Waals surface area (Å²) in [7, 11) is 0. The van der Waals surface area contributed by atoms with Crippen LogP contribution in [-0.2, 0) is 16.0 Å². The fourth-order valence-corrected chi connectivity index (χ4v) is 2.11. The van der Waals surface area contributed by atoms with Crippen molar-refractivity contribution in [3.8, 4) is 0 Å². The summed E-state index contributed by atoms with van der Waals surface area (Å²) in [6.07, 6.45) is -1.05. The lowest BCUT2D eigenvalue weighted by atomic mass is 10.0. The van der Waals surface area contributed by atoms with E-state index in [1.807, 2.05) is 30.3 Å². The SMILES string of the molecule is NC(=O)[C@H](Cc1ccccc1)NC(=O)[C@@H](O)c1ccccc1. The van der Waals surface area contributed by atoms with Gasteiger partial charge < -0.3 is 16.2 Å². The maximum absolute atomic E-state index is 12.1. The van der Waals surface area contributed by atoms with Crippen LogP contribution in [0.5, 0.6) is 0 Å². The Kier molecular flexibility index (Phi) is 5.27. The van der Waals surface area contributed by atoms with Crippen LogP contribution in [0.25, 0.3) is 0 Å². The molecule has 0 saturated carbocycles. The van der Waals surface area contributed by atoms with Crippen LogP contribution in [0, 0.1) is 0 Å². The molecule has 0 bridgehead atoms. The van der Waals surface area contributed by atoms with Crippen molar-refractivity contribution in [3.63, 3.8) is 0 Å². The summed E-state index contributed by atoms with van der Waals surface area (Å²) in [5.74, 6) is -1.29. The van der Waals surface area contributed by atoms with Gasteiger partial charge in [0.2, 0.25) is 5.91 Å². The third kappa shape index (κ3) is 4.17. The number of nitrogens with one attached hydrogen (secondary N) is 1. The van der Waals surface area contributed by atoms with Crippen molar-refractivity contribution in [1.82, 2.24) is 5.32 Å². The van der Waals surface area contributed by atoms with Crippen molar-refractivity contribution in [2.75, 3.05) is 0 Å². The Hall–Kier alpha value is -2.66. The molecule has 0 spiro atoms. The molecule has 0 aliphatic rings. The molecule has 114 valence electrons. The predicted octanol–water partition coefficient (Wildman–Crippen LogP) is 0.933. The van der Waals surface area contributed by atoms with Crippen molar-refractivity contribution in [1.29, 1.82) is 0 Å². The van der Waals surface area contributed by atoms with Crippen LogP contribution < -0.4 is 11.1 Å². The topological polar surface area (TPSA) is 92.4 Å². The van der Waals surface area contributed by atoms with E-state index in [9.17, 15) is 14.7 Å². The number of hydrogen-bond donors (Lipinski definition) is 3. The number of hydrogen-bond acceptors (Lipinski definition) is 3. The van der Waals surface area contributed by atoms with Gasteiger partial charge in [-0.25, -0.2) is 0 Å². The Morgan fingerprint density at radius 1 is 1.00 bits per heavy atom. The van der Waals surface area contributed by atoms with E-state index in [1.54, 1.807) is 30.3 Å². The van der Waals surface area contributed by atoms with E-state index in [4.69, 9.17) is 5.73 Å². The van der Waals surface area contributed by atoms with Gasteiger partial charge in [-0.1, -0.05) is 60.7 Å². The molecule has 0 heterocycles.